The summed E-state index contributed by atoms with van der Waals surface area (Å²) in [5.74, 6) is 0.0256. The third kappa shape index (κ3) is 2.01. The minimum absolute atomic E-state index is 0.134. The molecule has 0 spiro atoms. The van der Waals surface area contributed by atoms with Gasteiger partial charge in [-0.15, -0.1) is 0 Å². The van der Waals surface area contributed by atoms with Gasteiger partial charge in [0.1, 0.15) is 11.3 Å². The fourth-order valence-corrected chi connectivity index (χ4v) is 1.91. The van der Waals surface area contributed by atoms with Gasteiger partial charge in [-0.1, -0.05) is 12.1 Å². The van der Waals surface area contributed by atoms with Crippen LogP contribution >= 0.6 is 0 Å². The van der Waals surface area contributed by atoms with Crippen molar-refractivity contribution in [1.82, 2.24) is 4.98 Å². The van der Waals surface area contributed by atoms with E-state index in [-0.39, 0.29) is 5.56 Å². The van der Waals surface area contributed by atoms with Crippen molar-refractivity contribution in [3.05, 3.63) is 36.0 Å². The zero-order chi connectivity index (χ0) is 12.5. The topological polar surface area (TPSA) is 59.4 Å². The summed E-state index contributed by atoms with van der Waals surface area (Å²) in [5, 5.41) is 9.95. The highest BCUT2D eigenvalue weighted by Crippen LogP contribution is 2.33. The Bertz CT molecular complexity index is 605. The third-order valence-electron chi connectivity index (χ3n) is 3.12. The Labute approximate surface area is 104 Å². The smallest absolute Gasteiger partial charge is 0.341 e. The largest absolute Gasteiger partial charge is 0.492 e. The lowest BCUT2D eigenvalue weighted by Gasteiger charge is -2.11. The molecule has 0 saturated heterocycles. The molecule has 4 heteroatoms. The number of para-hydroxylation sites is 1. The van der Waals surface area contributed by atoms with Crippen molar-refractivity contribution in [3.63, 3.8) is 0 Å². The molecule has 1 saturated carbocycles. The normalized spacial score (nSPS) is 14.7. The summed E-state index contributed by atoms with van der Waals surface area (Å²) in [6.45, 7) is 0.592. The second-order valence-electron chi connectivity index (χ2n) is 4.58. The van der Waals surface area contributed by atoms with Gasteiger partial charge in [0.15, 0.2) is 0 Å². The summed E-state index contributed by atoms with van der Waals surface area (Å²) >= 11 is 0. The van der Waals surface area contributed by atoms with Gasteiger partial charge in [-0.25, -0.2) is 4.79 Å². The summed E-state index contributed by atoms with van der Waals surface area (Å²) in [4.78, 5) is 15.4. The molecule has 0 unspecified atom stereocenters. The van der Waals surface area contributed by atoms with Crippen LogP contribution in [0.25, 0.3) is 10.9 Å². The first-order valence-corrected chi connectivity index (χ1v) is 5.99. The number of fused-ring (bicyclic) bond motifs is 1. The van der Waals surface area contributed by atoms with Gasteiger partial charge in [-0.2, -0.15) is 0 Å². The molecule has 1 heterocycles. The predicted octanol–water partition coefficient (Wildman–Crippen LogP) is 2.72. The number of pyridine rings is 1. The predicted molar refractivity (Wildman–Crippen MR) is 66.9 cm³/mol. The molecule has 92 valence electrons. The van der Waals surface area contributed by atoms with Crippen molar-refractivity contribution in [1.29, 1.82) is 0 Å². The second-order valence-corrected chi connectivity index (χ2v) is 4.58. The molecular weight excluding hydrogens is 230 g/mol. The lowest BCUT2D eigenvalue weighted by atomic mass is 10.1. The molecule has 1 aliphatic rings. The number of carboxylic acids is 1. The molecule has 0 amide bonds. The van der Waals surface area contributed by atoms with E-state index in [4.69, 9.17) is 4.74 Å². The van der Waals surface area contributed by atoms with Gasteiger partial charge in [0.05, 0.1) is 12.1 Å². The van der Waals surface area contributed by atoms with E-state index in [1.54, 1.807) is 0 Å². The molecule has 0 atom stereocenters. The van der Waals surface area contributed by atoms with E-state index in [9.17, 15) is 9.90 Å². The second kappa shape index (κ2) is 4.29. The van der Waals surface area contributed by atoms with Gasteiger partial charge in [-0.05, 0) is 30.9 Å². The lowest BCUT2D eigenvalue weighted by Crippen LogP contribution is -2.07. The van der Waals surface area contributed by atoms with Crippen LogP contribution in [0.4, 0.5) is 0 Å². The zero-order valence-corrected chi connectivity index (χ0v) is 9.80. The van der Waals surface area contributed by atoms with Crippen molar-refractivity contribution in [2.45, 2.75) is 12.8 Å². The van der Waals surface area contributed by atoms with Gasteiger partial charge in [0.25, 0.3) is 0 Å². The molecule has 1 aromatic heterocycles. The summed E-state index contributed by atoms with van der Waals surface area (Å²) < 4.78 is 5.71. The highest BCUT2D eigenvalue weighted by molar-refractivity contribution is 5.98. The summed E-state index contributed by atoms with van der Waals surface area (Å²) in [5.41, 5.74) is 0.891. The SMILES string of the molecule is O=C(O)c1cnc2ccccc2c1OCC1CC1. The number of aromatic carboxylic acids is 1. The van der Waals surface area contributed by atoms with E-state index < -0.39 is 5.97 Å². The number of carbonyl (C=O) groups is 1. The minimum atomic E-state index is -1.00. The van der Waals surface area contributed by atoms with Gasteiger partial charge < -0.3 is 9.84 Å². The number of hydrogen-bond acceptors (Lipinski definition) is 3. The summed E-state index contributed by atoms with van der Waals surface area (Å²) in [6.07, 6.45) is 3.71. The summed E-state index contributed by atoms with van der Waals surface area (Å²) in [6, 6.07) is 7.43. The quantitative estimate of drug-likeness (QED) is 0.896. The number of aromatic nitrogens is 1. The van der Waals surface area contributed by atoms with E-state index in [1.807, 2.05) is 24.3 Å². The van der Waals surface area contributed by atoms with Crippen LogP contribution < -0.4 is 4.74 Å². The van der Waals surface area contributed by atoms with Crippen LogP contribution in [0.15, 0.2) is 30.5 Å². The maximum absolute atomic E-state index is 11.2. The van der Waals surface area contributed by atoms with Crippen LogP contribution in [-0.2, 0) is 0 Å². The minimum Gasteiger partial charge on any atom is -0.492 e. The maximum Gasteiger partial charge on any atom is 0.341 e. The van der Waals surface area contributed by atoms with Gasteiger partial charge in [0, 0.05) is 11.6 Å². The Morgan fingerprint density at radius 2 is 2.17 bits per heavy atom. The van der Waals surface area contributed by atoms with Crippen molar-refractivity contribution in [2.24, 2.45) is 5.92 Å². The average molecular weight is 243 g/mol. The molecular formula is C14H13NO3. The molecule has 0 aliphatic heterocycles. The highest BCUT2D eigenvalue weighted by Gasteiger charge is 2.24. The molecule has 1 aliphatic carbocycles. The maximum atomic E-state index is 11.2. The van der Waals surface area contributed by atoms with Crippen LogP contribution in [0, 0.1) is 5.92 Å². The highest BCUT2D eigenvalue weighted by atomic mass is 16.5. The number of benzene rings is 1. The van der Waals surface area contributed by atoms with E-state index in [1.165, 1.54) is 19.0 Å². The third-order valence-corrected chi connectivity index (χ3v) is 3.12. The first-order valence-electron chi connectivity index (χ1n) is 5.99. The zero-order valence-electron chi connectivity index (χ0n) is 9.80. The number of ether oxygens (including phenoxy) is 1. The first kappa shape index (κ1) is 11.0. The molecule has 4 nitrogen and oxygen atoms in total. The van der Waals surface area contributed by atoms with Crippen LogP contribution in [0.1, 0.15) is 23.2 Å². The Morgan fingerprint density at radius 1 is 1.39 bits per heavy atom. The van der Waals surface area contributed by atoms with Crippen LogP contribution in [0.5, 0.6) is 5.75 Å². The van der Waals surface area contributed by atoms with Crippen LogP contribution in [0.3, 0.4) is 0 Å². The molecule has 1 N–H and O–H groups in total. The average Bonchev–Trinajstić information content (AvgIpc) is 3.19. The summed E-state index contributed by atoms with van der Waals surface area (Å²) in [7, 11) is 0. The number of hydrogen-bond donors (Lipinski definition) is 1. The van der Waals surface area contributed by atoms with Crippen LogP contribution in [0.2, 0.25) is 0 Å². The molecule has 1 aromatic carbocycles. The fraction of sp³-hybridized carbons (Fsp3) is 0.286. The number of carboxylic acid groups (broad SMARTS) is 1. The van der Waals surface area contributed by atoms with Gasteiger partial charge in [0.2, 0.25) is 0 Å². The molecule has 1 fully saturated rings. The molecule has 2 aromatic rings. The Kier molecular flexibility index (Phi) is 2.63. The Balaban J connectivity index is 2.08. The van der Waals surface area contributed by atoms with Crippen LogP contribution in [-0.4, -0.2) is 22.7 Å². The Morgan fingerprint density at radius 3 is 2.89 bits per heavy atom. The molecule has 3 rings (SSSR count). The lowest BCUT2D eigenvalue weighted by molar-refractivity contribution is 0.0692. The standard InChI is InChI=1S/C14H13NO3/c16-14(17)11-7-15-12-4-2-1-3-10(12)13(11)18-8-9-5-6-9/h1-4,7,9H,5-6,8H2,(H,16,17). The van der Waals surface area contributed by atoms with Crippen molar-refractivity contribution in [2.75, 3.05) is 6.61 Å². The van der Waals surface area contributed by atoms with Crippen molar-refractivity contribution in [3.8, 4) is 5.75 Å². The first-order chi connectivity index (χ1) is 8.75. The van der Waals surface area contributed by atoms with E-state index in [0.29, 0.717) is 18.3 Å². The Hall–Kier alpha value is -2.10. The van der Waals surface area contributed by atoms with E-state index in [0.717, 1.165) is 10.9 Å². The van der Waals surface area contributed by atoms with Gasteiger partial charge in [-0.3, -0.25) is 4.98 Å². The molecule has 0 radical (unpaired) electrons. The molecule has 0 bridgehead atoms. The van der Waals surface area contributed by atoms with Gasteiger partial charge >= 0.3 is 5.97 Å². The fourth-order valence-electron chi connectivity index (χ4n) is 1.91. The monoisotopic (exact) mass is 243 g/mol. The number of rotatable bonds is 4. The molecule has 18 heavy (non-hydrogen) atoms. The van der Waals surface area contributed by atoms with E-state index >= 15 is 0 Å². The van der Waals surface area contributed by atoms with Crippen molar-refractivity contribution < 1.29 is 14.6 Å². The number of nitrogens with zero attached hydrogens (tertiary/aromatic N) is 1. The van der Waals surface area contributed by atoms with Crippen molar-refractivity contribution >= 4 is 16.9 Å². The van der Waals surface area contributed by atoms with E-state index in [2.05, 4.69) is 4.98 Å².